The first-order chi connectivity index (χ1) is 6.31. The van der Waals surface area contributed by atoms with E-state index in [1.807, 2.05) is 0 Å². The maximum Gasteiger partial charge on any atom is -0.0348 e. The Morgan fingerprint density at radius 2 is 1.54 bits per heavy atom. The van der Waals surface area contributed by atoms with E-state index in [9.17, 15) is 0 Å². The van der Waals surface area contributed by atoms with Gasteiger partial charge >= 0.3 is 0 Å². The van der Waals surface area contributed by atoms with Crippen molar-refractivity contribution in [3.63, 3.8) is 0 Å². The van der Waals surface area contributed by atoms with Crippen LogP contribution in [0.2, 0.25) is 0 Å². The smallest absolute Gasteiger partial charge is 0.0348 e. The van der Waals surface area contributed by atoms with Crippen molar-refractivity contribution in [3.8, 4) is 0 Å². The molecule has 0 aliphatic carbocycles. The SMILES string of the molecule is CC=CCCCC(C)CCC=CC. The molecule has 0 N–H and O–H groups in total. The maximum absolute atomic E-state index is 2.36. The predicted molar refractivity (Wildman–Crippen MR) is 61.9 cm³/mol. The van der Waals surface area contributed by atoms with Crippen molar-refractivity contribution in [2.75, 3.05) is 0 Å². The van der Waals surface area contributed by atoms with Gasteiger partial charge in [-0.3, -0.25) is 0 Å². The molecule has 0 spiro atoms. The van der Waals surface area contributed by atoms with Crippen LogP contribution in [-0.4, -0.2) is 0 Å². The molecule has 0 heteroatoms. The highest BCUT2D eigenvalue weighted by Crippen LogP contribution is 2.14. The summed E-state index contributed by atoms with van der Waals surface area (Å²) >= 11 is 0. The van der Waals surface area contributed by atoms with Crippen molar-refractivity contribution < 1.29 is 0 Å². The zero-order valence-electron chi connectivity index (χ0n) is 9.42. The van der Waals surface area contributed by atoms with Gasteiger partial charge in [-0.25, -0.2) is 0 Å². The van der Waals surface area contributed by atoms with Gasteiger partial charge in [0.2, 0.25) is 0 Å². The summed E-state index contributed by atoms with van der Waals surface area (Å²) in [7, 11) is 0. The van der Waals surface area contributed by atoms with Crippen molar-refractivity contribution in [3.05, 3.63) is 24.3 Å². The van der Waals surface area contributed by atoms with Crippen LogP contribution in [0.25, 0.3) is 0 Å². The summed E-state index contributed by atoms with van der Waals surface area (Å²) in [5.74, 6) is 0.890. The quantitative estimate of drug-likeness (QED) is 0.392. The first kappa shape index (κ1) is 12.5. The van der Waals surface area contributed by atoms with Crippen LogP contribution in [-0.2, 0) is 0 Å². The highest BCUT2D eigenvalue weighted by Gasteiger charge is 1.98. The number of rotatable bonds is 7. The van der Waals surface area contributed by atoms with E-state index in [2.05, 4.69) is 45.1 Å². The van der Waals surface area contributed by atoms with Crippen LogP contribution in [0, 0.1) is 5.92 Å². The van der Waals surface area contributed by atoms with Crippen molar-refractivity contribution in [2.45, 2.75) is 52.9 Å². The van der Waals surface area contributed by atoms with Crippen LogP contribution in [0.15, 0.2) is 24.3 Å². The van der Waals surface area contributed by atoms with E-state index in [4.69, 9.17) is 0 Å². The van der Waals surface area contributed by atoms with Gasteiger partial charge in [0.15, 0.2) is 0 Å². The Labute approximate surface area is 83.7 Å². The van der Waals surface area contributed by atoms with Gasteiger partial charge in [0.1, 0.15) is 0 Å². The molecule has 1 atom stereocenters. The third kappa shape index (κ3) is 9.39. The van der Waals surface area contributed by atoms with Gasteiger partial charge in [0, 0.05) is 0 Å². The van der Waals surface area contributed by atoms with E-state index in [1.54, 1.807) is 0 Å². The lowest BCUT2D eigenvalue weighted by Gasteiger charge is -2.08. The van der Waals surface area contributed by atoms with E-state index in [0.717, 1.165) is 5.92 Å². The lowest BCUT2D eigenvalue weighted by atomic mass is 9.98. The van der Waals surface area contributed by atoms with E-state index in [1.165, 1.54) is 32.1 Å². The fraction of sp³-hybridized carbons (Fsp3) is 0.692. The monoisotopic (exact) mass is 180 g/mol. The number of hydrogen-bond acceptors (Lipinski definition) is 0. The topological polar surface area (TPSA) is 0 Å². The van der Waals surface area contributed by atoms with Gasteiger partial charge < -0.3 is 0 Å². The van der Waals surface area contributed by atoms with Crippen molar-refractivity contribution in [2.24, 2.45) is 5.92 Å². The summed E-state index contributed by atoms with van der Waals surface area (Å²) in [5.41, 5.74) is 0. The summed E-state index contributed by atoms with van der Waals surface area (Å²) < 4.78 is 0. The fourth-order valence-electron chi connectivity index (χ4n) is 1.44. The summed E-state index contributed by atoms with van der Waals surface area (Å²) in [5, 5.41) is 0. The summed E-state index contributed by atoms with van der Waals surface area (Å²) in [6.07, 6.45) is 15.4. The average molecular weight is 180 g/mol. The molecule has 0 amide bonds. The molecule has 13 heavy (non-hydrogen) atoms. The minimum atomic E-state index is 0.890. The molecule has 0 aromatic rings. The molecule has 0 nitrogen and oxygen atoms in total. The molecule has 0 saturated heterocycles. The first-order valence-corrected chi connectivity index (χ1v) is 5.53. The van der Waals surface area contributed by atoms with E-state index in [-0.39, 0.29) is 0 Å². The third-order valence-corrected chi connectivity index (χ3v) is 2.37. The van der Waals surface area contributed by atoms with Crippen LogP contribution in [0.4, 0.5) is 0 Å². The zero-order chi connectivity index (χ0) is 9.94. The highest BCUT2D eigenvalue weighted by molar-refractivity contribution is 4.78. The Kier molecular flexibility index (Phi) is 9.18. The molecule has 0 bridgehead atoms. The Morgan fingerprint density at radius 1 is 0.923 bits per heavy atom. The van der Waals surface area contributed by atoms with E-state index in [0.29, 0.717) is 0 Å². The second kappa shape index (κ2) is 9.57. The lowest BCUT2D eigenvalue weighted by molar-refractivity contribution is 0.481. The molecule has 0 aromatic carbocycles. The number of allylic oxidation sites excluding steroid dienone is 4. The highest BCUT2D eigenvalue weighted by atomic mass is 14.0. The standard InChI is InChI=1S/C13H24/c1-4-6-8-10-12-13(3)11-9-7-5-2/h4-7,13H,8-12H2,1-3H3. The van der Waals surface area contributed by atoms with Gasteiger partial charge in [0.25, 0.3) is 0 Å². The second-order valence-corrected chi connectivity index (χ2v) is 3.75. The fourth-order valence-corrected chi connectivity index (χ4v) is 1.44. The number of hydrogen-bond donors (Lipinski definition) is 0. The largest absolute Gasteiger partial charge is 0.0917 e. The first-order valence-electron chi connectivity index (χ1n) is 5.53. The Hall–Kier alpha value is -0.520. The van der Waals surface area contributed by atoms with Crippen LogP contribution in [0.5, 0.6) is 0 Å². The van der Waals surface area contributed by atoms with Crippen molar-refractivity contribution in [1.29, 1.82) is 0 Å². The summed E-state index contributed by atoms with van der Waals surface area (Å²) in [6.45, 7) is 6.55. The predicted octanol–water partition coefficient (Wildman–Crippen LogP) is 4.73. The Bertz CT molecular complexity index is 142. The average Bonchev–Trinajstić information content (AvgIpc) is 2.13. The van der Waals surface area contributed by atoms with Gasteiger partial charge in [0.05, 0.1) is 0 Å². The normalized spacial score (nSPS) is 14.4. The molecule has 0 saturated carbocycles. The van der Waals surface area contributed by atoms with E-state index < -0.39 is 0 Å². The lowest BCUT2D eigenvalue weighted by Crippen LogP contribution is -1.93. The van der Waals surface area contributed by atoms with Gasteiger partial charge in [-0.15, -0.1) is 0 Å². The Morgan fingerprint density at radius 3 is 2.15 bits per heavy atom. The third-order valence-electron chi connectivity index (χ3n) is 2.37. The summed E-state index contributed by atoms with van der Waals surface area (Å²) in [6, 6.07) is 0. The molecule has 0 aromatic heterocycles. The van der Waals surface area contributed by atoms with E-state index >= 15 is 0 Å². The molecule has 0 rings (SSSR count). The molecule has 0 radical (unpaired) electrons. The zero-order valence-corrected chi connectivity index (χ0v) is 9.42. The van der Waals surface area contributed by atoms with Crippen LogP contribution in [0.3, 0.4) is 0 Å². The molecular formula is C13H24. The molecule has 0 heterocycles. The van der Waals surface area contributed by atoms with Gasteiger partial charge in [-0.1, -0.05) is 37.6 Å². The van der Waals surface area contributed by atoms with Crippen molar-refractivity contribution >= 4 is 0 Å². The minimum Gasteiger partial charge on any atom is -0.0917 e. The molecule has 0 fully saturated rings. The number of unbranched alkanes of at least 4 members (excludes halogenated alkanes) is 1. The van der Waals surface area contributed by atoms with Gasteiger partial charge in [-0.05, 0) is 45.4 Å². The molecule has 1 unspecified atom stereocenters. The Balaban J connectivity index is 3.24. The minimum absolute atomic E-state index is 0.890. The molecule has 0 aliphatic heterocycles. The van der Waals surface area contributed by atoms with Crippen LogP contribution in [0.1, 0.15) is 52.9 Å². The molecular weight excluding hydrogens is 156 g/mol. The summed E-state index contributed by atoms with van der Waals surface area (Å²) in [4.78, 5) is 0. The molecule has 0 aliphatic rings. The van der Waals surface area contributed by atoms with Gasteiger partial charge in [-0.2, -0.15) is 0 Å². The second-order valence-electron chi connectivity index (χ2n) is 3.75. The van der Waals surface area contributed by atoms with Crippen LogP contribution < -0.4 is 0 Å². The van der Waals surface area contributed by atoms with Crippen molar-refractivity contribution in [1.82, 2.24) is 0 Å². The maximum atomic E-state index is 2.36. The van der Waals surface area contributed by atoms with Crippen LogP contribution >= 0.6 is 0 Å². The molecule has 76 valence electrons.